The number of phenols is 3. The zero-order valence-corrected chi connectivity index (χ0v) is 15.9. The fraction of sp³-hybridized carbons (Fsp3) is 0.136. The number of hydrogen-bond donors (Lipinski definition) is 3. The second-order valence-corrected chi connectivity index (χ2v) is 7.08. The van der Waals surface area contributed by atoms with Gasteiger partial charge in [-0.25, -0.2) is 0 Å². The molecule has 0 spiro atoms. The van der Waals surface area contributed by atoms with Crippen molar-refractivity contribution in [3.8, 4) is 28.7 Å². The fourth-order valence-corrected chi connectivity index (χ4v) is 3.98. The Morgan fingerprint density at radius 2 is 1.61 bits per heavy atom. The third-order valence-corrected chi connectivity index (χ3v) is 5.31. The summed E-state index contributed by atoms with van der Waals surface area (Å²) in [7, 11) is 1.52. The van der Waals surface area contributed by atoms with E-state index in [1.165, 1.54) is 25.3 Å². The third kappa shape index (κ3) is 2.73. The van der Waals surface area contributed by atoms with Crippen LogP contribution >= 0.6 is 12.2 Å². The van der Waals surface area contributed by atoms with Gasteiger partial charge in [-0.1, -0.05) is 48.6 Å². The molecule has 28 heavy (non-hydrogen) atoms. The molecule has 0 amide bonds. The normalized spacial score (nSPS) is 18.2. The van der Waals surface area contributed by atoms with Gasteiger partial charge in [0.1, 0.15) is 5.75 Å². The number of rotatable bonds is 3. The lowest BCUT2D eigenvalue weighted by molar-refractivity contribution is 0.107. The molecule has 1 atom stereocenters. The van der Waals surface area contributed by atoms with Crippen LogP contribution in [0.5, 0.6) is 28.7 Å². The Bertz CT molecular complexity index is 1060. The van der Waals surface area contributed by atoms with Gasteiger partial charge < -0.3 is 24.8 Å². The van der Waals surface area contributed by atoms with Crippen LogP contribution < -0.4 is 9.47 Å². The van der Waals surface area contributed by atoms with Crippen molar-refractivity contribution >= 4 is 17.1 Å². The molecule has 142 valence electrons. The lowest BCUT2D eigenvalue weighted by Gasteiger charge is -2.40. The molecule has 0 saturated heterocycles. The van der Waals surface area contributed by atoms with Crippen LogP contribution in [0.15, 0.2) is 60.7 Å². The number of aromatic hydroxyl groups is 3. The van der Waals surface area contributed by atoms with Crippen LogP contribution in [0.3, 0.4) is 0 Å². The zero-order chi connectivity index (χ0) is 19.9. The molecule has 0 fully saturated rings. The van der Waals surface area contributed by atoms with Crippen LogP contribution in [-0.4, -0.2) is 27.3 Å². The van der Waals surface area contributed by atoms with Crippen molar-refractivity contribution in [2.45, 2.75) is 12.0 Å². The zero-order valence-electron chi connectivity index (χ0n) is 15.0. The van der Waals surface area contributed by atoms with Gasteiger partial charge in [0.2, 0.25) is 0 Å². The minimum Gasteiger partial charge on any atom is -0.507 e. The number of methoxy groups -OCH3 is 1. The number of ether oxygens (including phenoxy) is 2. The van der Waals surface area contributed by atoms with E-state index in [1.807, 2.05) is 30.3 Å². The Kier molecular flexibility index (Phi) is 4.35. The van der Waals surface area contributed by atoms with Crippen molar-refractivity contribution in [3.05, 3.63) is 77.4 Å². The summed E-state index contributed by atoms with van der Waals surface area (Å²) < 4.78 is 11.9. The van der Waals surface area contributed by atoms with Crippen LogP contribution in [0.25, 0.3) is 0 Å². The SMILES string of the molecule is COc1ccc(O)c2c1OC(c1ccccc1)(c1ccc(O)c(O)c1)CC2=S. The summed E-state index contributed by atoms with van der Waals surface area (Å²) in [6.07, 6.45) is 0.268. The van der Waals surface area contributed by atoms with Crippen molar-refractivity contribution in [2.75, 3.05) is 7.11 Å². The highest BCUT2D eigenvalue weighted by molar-refractivity contribution is 7.80. The maximum absolute atomic E-state index is 10.3. The van der Waals surface area contributed by atoms with Crippen LogP contribution in [0.1, 0.15) is 23.1 Å². The van der Waals surface area contributed by atoms with E-state index in [1.54, 1.807) is 12.1 Å². The second-order valence-electron chi connectivity index (χ2n) is 6.59. The molecule has 1 aliphatic rings. The first-order valence-electron chi connectivity index (χ1n) is 8.66. The predicted octanol–water partition coefficient (Wildman–Crippen LogP) is 4.26. The molecule has 0 bridgehead atoms. The monoisotopic (exact) mass is 394 g/mol. The maximum Gasteiger partial charge on any atom is 0.175 e. The quantitative estimate of drug-likeness (QED) is 0.455. The molecular formula is C22H18O5S. The molecule has 0 aromatic heterocycles. The van der Waals surface area contributed by atoms with E-state index in [2.05, 4.69) is 0 Å². The maximum atomic E-state index is 10.3. The molecule has 0 aliphatic carbocycles. The highest BCUT2D eigenvalue weighted by atomic mass is 32.1. The van der Waals surface area contributed by atoms with Crippen molar-refractivity contribution in [3.63, 3.8) is 0 Å². The largest absolute Gasteiger partial charge is 0.507 e. The van der Waals surface area contributed by atoms with Crippen LogP contribution in [0.2, 0.25) is 0 Å². The first kappa shape index (κ1) is 18.1. The molecule has 5 nitrogen and oxygen atoms in total. The van der Waals surface area contributed by atoms with Gasteiger partial charge in [-0.15, -0.1) is 0 Å². The number of hydrogen-bond acceptors (Lipinski definition) is 6. The number of benzene rings is 3. The summed E-state index contributed by atoms with van der Waals surface area (Å²) >= 11 is 5.66. The van der Waals surface area contributed by atoms with E-state index in [0.29, 0.717) is 27.5 Å². The lowest BCUT2D eigenvalue weighted by Crippen LogP contribution is -2.40. The molecule has 3 N–H and O–H groups in total. The van der Waals surface area contributed by atoms with Crippen molar-refractivity contribution in [1.29, 1.82) is 0 Å². The first-order valence-corrected chi connectivity index (χ1v) is 9.07. The second kappa shape index (κ2) is 6.73. The lowest BCUT2D eigenvalue weighted by atomic mass is 9.79. The van der Waals surface area contributed by atoms with Gasteiger partial charge in [0.15, 0.2) is 28.6 Å². The summed E-state index contributed by atoms with van der Waals surface area (Å²) in [5.74, 6) is 0.335. The topological polar surface area (TPSA) is 79.2 Å². The Labute approximate surface area is 167 Å². The molecule has 4 rings (SSSR count). The highest BCUT2D eigenvalue weighted by Crippen LogP contribution is 2.51. The third-order valence-electron chi connectivity index (χ3n) is 4.97. The Morgan fingerprint density at radius 1 is 0.893 bits per heavy atom. The molecule has 1 heterocycles. The van der Waals surface area contributed by atoms with E-state index in [9.17, 15) is 15.3 Å². The van der Waals surface area contributed by atoms with Crippen LogP contribution in [-0.2, 0) is 5.60 Å². The van der Waals surface area contributed by atoms with E-state index < -0.39 is 5.60 Å². The van der Waals surface area contributed by atoms with E-state index in [4.69, 9.17) is 21.7 Å². The Morgan fingerprint density at radius 3 is 2.29 bits per heavy atom. The predicted molar refractivity (Wildman–Crippen MR) is 109 cm³/mol. The van der Waals surface area contributed by atoms with Gasteiger partial charge in [-0.2, -0.15) is 0 Å². The summed E-state index contributed by atoms with van der Waals surface area (Å²) in [5, 5.41) is 30.2. The highest BCUT2D eigenvalue weighted by Gasteiger charge is 2.44. The van der Waals surface area contributed by atoms with E-state index in [-0.39, 0.29) is 23.7 Å². The standard InChI is InChI=1S/C22H18O5S/c1-26-18-10-9-16(24)20-19(28)12-22(27-21(18)20,13-5-3-2-4-6-13)14-7-8-15(23)17(25)11-14/h2-11,23-25H,12H2,1H3. The average molecular weight is 394 g/mol. The number of thiocarbonyl (C=S) groups is 1. The molecule has 3 aromatic carbocycles. The van der Waals surface area contributed by atoms with Gasteiger partial charge in [0.05, 0.1) is 12.7 Å². The summed E-state index contributed by atoms with van der Waals surface area (Å²) in [6, 6.07) is 17.2. The first-order chi connectivity index (χ1) is 13.5. The smallest absolute Gasteiger partial charge is 0.175 e. The van der Waals surface area contributed by atoms with Crippen LogP contribution in [0, 0.1) is 0 Å². The van der Waals surface area contributed by atoms with E-state index >= 15 is 0 Å². The molecule has 3 aromatic rings. The van der Waals surface area contributed by atoms with Gasteiger partial charge in [-0.3, -0.25) is 0 Å². The average Bonchev–Trinajstić information content (AvgIpc) is 2.70. The number of phenolic OH excluding ortho intramolecular Hbond substituents is 3. The summed E-state index contributed by atoms with van der Waals surface area (Å²) in [6.45, 7) is 0. The molecular weight excluding hydrogens is 376 g/mol. The fourth-order valence-electron chi connectivity index (χ4n) is 3.58. The number of fused-ring (bicyclic) bond motifs is 1. The van der Waals surface area contributed by atoms with Gasteiger partial charge in [0.25, 0.3) is 0 Å². The van der Waals surface area contributed by atoms with Gasteiger partial charge in [0, 0.05) is 22.4 Å². The van der Waals surface area contributed by atoms with Gasteiger partial charge in [-0.05, 0) is 24.3 Å². The summed E-state index contributed by atoms with van der Waals surface area (Å²) in [5.41, 5.74) is 0.812. The minimum absolute atomic E-state index is 0.0241. The molecule has 0 saturated carbocycles. The summed E-state index contributed by atoms with van der Waals surface area (Å²) in [4.78, 5) is 0.508. The minimum atomic E-state index is -1.06. The molecule has 1 aliphatic heterocycles. The molecule has 6 heteroatoms. The van der Waals surface area contributed by atoms with Gasteiger partial charge >= 0.3 is 0 Å². The Hall–Kier alpha value is -3.25. The van der Waals surface area contributed by atoms with Crippen LogP contribution in [0.4, 0.5) is 0 Å². The van der Waals surface area contributed by atoms with Crippen molar-refractivity contribution in [2.24, 2.45) is 0 Å². The van der Waals surface area contributed by atoms with Crippen molar-refractivity contribution in [1.82, 2.24) is 0 Å². The molecule has 0 radical (unpaired) electrons. The van der Waals surface area contributed by atoms with Crippen molar-refractivity contribution < 1.29 is 24.8 Å². The van der Waals surface area contributed by atoms with E-state index in [0.717, 1.165) is 5.56 Å². The Balaban J connectivity index is 2.00. The molecule has 1 unspecified atom stereocenters.